The molecule has 0 spiro atoms. The van der Waals surface area contributed by atoms with Crippen molar-refractivity contribution < 1.29 is 8.42 Å². The van der Waals surface area contributed by atoms with E-state index >= 15 is 0 Å². The van der Waals surface area contributed by atoms with Crippen molar-refractivity contribution in [2.45, 2.75) is 31.2 Å². The van der Waals surface area contributed by atoms with Crippen molar-refractivity contribution in [1.82, 2.24) is 4.98 Å². The summed E-state index contributed by atoms with van der Waals surface area (Å²) in [6.07, 6.45) is 2.38. The van der Waals surface area contributed by atoms with Crippen LogP contribution in [0.15, 0.2) is 53.6 Å². The van der Waals surface area contributed by atoms with Gasteiger partial charge in [-0.3, -0.25) is 4.98 Å². The zero-order chi connectivity index (χ0) is 15.3. The van der Waals surface area contributed by atoms with Crippen molar-refractivity contribution in [3.63, 3.8) is 0 Å². The van der Waals surface area contributed by atoms with Gasteiger partial charge in [-0.15, -0.1) is 0 Å². The van der Waals surface area contributed by atoms with Gasteiger partial charge in [0.1, 0.15) is 0 Å². The maximum absolute atomic E-state index is 12.0. The molecule has 21 heavy (non-hydrogen) atoms. The van der Waals surface area contributed by atoms with Crippen LogP contribution in [0.1, 0.15) is 32.0 Å². The van der Waals surface area contributed by atoms with Gasteiger partial charge in [-0.1, -0.05) is 13.0 Å². The summed E-state index contributed by atoms with van der Waals surface area (Å²) in [5, 5.41) is 3.31. The second-order valence-electron chi connectivity index (χ2n) is 4.96. The quantitative estimate of drug-likeness (QED) is 0.888. The molecular formula is C16H20N2O2S. The molecule has 0 amide bonds. The third kappa shape index (κ3) is 4.04. The Morgan fingerprint density at radius 1 is 1.14 bits per heavy atom. The Morgan fingerprint density at radius 3 is 2.43 bits per heavy atom. The van der Waals surface area contributed by atoms with Gasteiger partial charge in [0.15, 0.2) is 9.84 Å². The Hall–Kier alpha value is -1.88. The number of nitrogens with one attached hydrogen (secondary N) is 1. The number of hydrogen-bond acceptors (Lipinski definition) is 4. The lowest BCUT2D eigenvalue weighted by molar-refractivity contribution is 0.594. The second-order valence-corrected chi connectivity index (χ2v) is 7.07. The van der Waals surface area contributed by atoms with Crippen molar-refractivity contribution in [1.29, 1.82) is 0 Å². The lowest BCUT2D eigenvalue weighted by atomic mass is 10.2. The van der Waals surface area contributed by atoms with Crippen LogP contribution in [0.4, 0.5) is 5.69 Å². The van der Waals surface area contributed by atoms with Crippen LogP contribution in [0.25, 0.3) is 0 Å². The van der Waals surface area contributed by atoms with E-state index < -0.39 is 9.84 Å². The molecule has 0 bridgehead atoms. The molecule has 1 aromatic carbocycles. The van der Waals surface area contributed by atoms with E-state index in [1.807, 2.05) is 32.0 Å². The first-order valence-corrected chi connectivity index (χ1v) is 8.68. The van der Waals surface area contributed by atoms with E-state index in [2.05, 4.69) is 10.3 Å². The van der Waals surface area contributed by atoms with Crippen LogP contribution in [0.3, 0.4) is 0 Å². The molecule has 0 aliphatic rings. The Balaban J connectivity index is 2.10. The fourth-order valence-corrected chi connectivity index (χ4v) is 3.43. The Morgan fingerprint density at radius 2 is 1.86 bits per heavy atom. The smallest absolute Gasteiger partial charge is 0.178 e. The molecule has 112 valence electrons. The molecule has 0 aliphatic heterocycles. The van der Waals surface area contributed by atoms with E-state index in [0.29, 0.717) is 11.3 Å². The Bertz CT molecular complexity index is 667. The van der Waals surface area contributed by atoms with Gasteiger partial charge < -0.3 is 5.32 Å². The summed E-state index contributed by atoms with van der Waals surface area (Å²) in [5.41, 5.74) is 1.82. The molecule has 4 nitrogen and oxygen atoms in total. The zero-order valence-corrected chi connectivity index (χ0v) is 13.1. The highest BCUT2D eigenvalue weighted by atomic mass is 32.2. The molecule has 1 N–H and O–H groups in total. The molecule has 0 saturated carbocycles. The molecule has 0 saturated heterocycles. The molecule has 0 fully saturated rings. The highest BCUT2D eigenvalue weighted by Crippen LogP contribution is 2.20. The molecule has 5 heteroatoms. The largest absolute Gasteiger partial charge is 0.377 e. The standard InChI is InChI=1S/C16H20N2O2S/c1-3-12-21(19,20)15-9-7-14(8-10-15)18-13(2)16-6-4-5-11-17-16/h4-11,13,18H,3,12H2,1-2H3. The van der Waals surface area contributed by atoms with E-state index in [-0.39, 0.29) is 11.8 Å². The predicted molar refractivity (Wildman–Crippen MR) is 85.1 cm³/mol. The second kappa shape index (κ2) is 6.72. The average molecular weight is 304 g/mol. The van der Waals surface area contributed by atoms with Crippen molar-refractivity contribution in [3.8, 4) is 0 Å². The molecule has 0 aliphatic carbocycles. The maximum Gasteiger partial charge on any atom is 0.178 e. The molecular weight excluding hydrogens is 284 g/mol. The average Bonchev–Trinajstić information content (AvgIpc) is 2.48. The lowest BCUT2D eigenvalue weighted by Crippen LogP contribution is -2.09. The summed E-state index contributed by atoms with van der Waals surface area (Å²) < 4.78 is 23.9. The summed E-state index contributed by atoms with van der Waals surface area (Å²) in [5.74, 6) is 0.185. The van der Waals surface area contributed by atoms with Crippen LogP contribution >= 0.6 is 0 Å². The van der Waals surface area contributed by atoms with E-state index in [4.69, 9.17) is 0 Å². The minimum absolute atomic E-state index is 0.0595. The molecule has 1 aromatic heterocycles. The van der Waals surface area contributed by atoms with E-state index in [1.54, 1.807) is 30.5 Å². The van der Waals surface area contributed by atoms with Crippen LogP contribution in [0.5, 0.6) is 0 Å². The summed E-state index contributed by atoms with van der Waals surface area (Å²) in [6.45, 7) is 3.88. The minimum atomic E-state index is -3.15. The number of sulfone groups is 1. The van der Waals surface area contributed by atoms with Gasteiger partial charge in [0.25, 0.3) is 0 Å². The minimum Gasteiger partial charge on any atom is -0.377 e. The first kappa shape index (κ1) is 15.5. The number of rotatable bonds is 6. The zero-order valence-electron chi connectivity index (χ0n) is 12.3. The number of anilines is 1. The van der Waals surface area contributed by atoms with Gasteiger partial charge in [-0.25, -0.2) is 8.42 Å². The summed E-state index contributed by atoms with van der Waals surface area (Å²) in [4.78, 5) is 4.67. The predicted octanol–water partition coefficient (Wildman–Crippen LogP) is 3.44. The van der Waals surface area contributed by atoms with Crippen molar-refractivity contribution in [3.05, 3.63) is 54.4 Å². The van der Waals surface area contributed by atoms with E-state index in [1.165, 1.54) is 0 Å². The van der Waals surface area contributed by atoms with Crippen LogP contribution < -0.4 is 5.32 Å². The number of nitrogens with zero attached hydrogens (tertiary/aromatic N) is 1. The summed E-state index contributed by atoms with van der Waals surface area (Å²) in [6, 6.07) is 12.7. The van der Waals surface area contributed by atoms with E-state index in [0.717, 1.165) is 11.4 Å². The monoisotopic (exact) mass is 304 g/mol. The lowest BCUT2D eigenvalue weighted by Gasteiger charge is -2.15. The number of pyridine rings is 1. The van der Waals surface area contributed by atoms with Gasteiger partial charge in [0, 0.05) is 11.9 Å². The van der Waals surface area contributed by atoms with Crippen molar-refractivity contribution in [2.75, 3.05) is 11.1 Å². The highest BCUT2D eigenvalue weighted by molar-refractivity contribution is 7.91. The first-order chi connectivity index (χ1) is 10.0. The Kier molecular flexibility index (Phi) is 4.96. The molecule has 1 unspecified atom stereocenters. The SMILES string of the molecule is CCCS(=O)(=O)c1ccc(NC(C)c2ccccn2)cc1. The van der Waals surface area contributed by atoms with Gasteiger partial charge in [0.05, 0.1) is 22.4 Å². The fraction of sp³-hybridized carbons (Fsp3) is 0.312. The third-order valence-corrected chi connectivity index (χ3v) is 5.14. The highest BCUT2D eigenvalue weighted by Gasteiger charge is 2.13. The number of hydrogen-bond donors (Lipinski definition) is 1. The normalized spacial score (nSPS) is 12.9. The molecule has 2 rings (SSSR count). The topological polar surface area (TPSA) is 59.1 Å². The molecule has 2 aromatic rings. The van der Waals surface area contributed by atoms with Crippen molar-refractivity contribution in [2.24, 2.45) is 0 Å². The first-order valence-electron chi connectivity index (χ1n) is 7.03. The summed E-state index contributed by atoms with van der Waals surface area (Å²) >= 11 is 0. The van der Waals surface area contributed by atoms with Crippen LogP contribution in [-0.2, 0) is 9.84 Å². The number of aromatic nitrogens is 1. The molecule has 0 radical (unpaired) electrons. The summed E-state index contributed by atoms with van der Waals surface area (Å²) in [7, 11) is -3.15. The maximum atomic E-state index is 12.0. The van der Waals surface area contributed by atoms with Gasteiger partial charge >= 0.3 is 0 Å². The molecule has 1 heterocycles. The van der Waals surface area contributed by atoms with E-state index in [9.17, 15) is 8.42 Å². The van der Waals surface area contributed by atoms with Gasteiger partial charge in [-0.2, -0.15) is 0 Å². The van der Waals surface area contributed by atoms with Crippen LogP contribution in [0.2, 0.25) is 0 Å². The Labute approximate surface area is 126 Å². The van der Waals surface area contributed by atoms with Crippen molar-refractivity contribution >= 4 is 15.5 Å². The number of benzene rings is 1. The molecule has 1 atom stereocenters. The van der Waals surface area contributed by atoms with Gasteiger partial charge in [-0.05, 0) is 49.7 Å². The van der Waals surface area contributed by atoms with Crippen LogP contribution in [-0.4, -0.2) is 19.2 Å². The van der Waals surface area contributed by atoms with Gasteiger partial charge in [0.2, 0.25) is 0 Å². The fourth-order valence-electron chi connectivity index (χ4n) is 2.10. The van der Waals surface area contributed by atoms with Crippen LogP contribution in [0, 0.1) is 0 Å². The third-order valence-electron chi connectivity index (χ3n) is 3.20.